The third kappa shape index (κ3) is 4.14. The van der Waals surface area contributed by atoms with Gasteiger partial charge in [-0.3, -0.25) is 4.90 Å². The number of anilines is 1. The fourth-order valence-corrected chi connectivity index (χ4v) is 6.40. The number of benzene rings is 3. The van der Waals surface area contributed by atoms with Crippen molar-refractivity contribution in [1.82, 2.24) is 14.9 Å². The highest BCUT2D eigenvalue weighted by molar-refractivity contribution is 9.10. The van der Waals surface area contributed by atoms with E-state index in [9.17, 15) is 0 Å². The van der Waals surface area contributed by atoms with E-state index in [1.54, 1.807) is 0 Å². The quantitative estimate of drug-likeness (QED) is 0.232. The number of hydrogen-bond acceptors (Lipinski definition) is 5. The SMILES string of the molecule is Brc1cccc2nc3c(cc12)C(c1ccccc1)C(N1CCN(c2ccccn2)CC1)c1ccccc1O3. The van der Waals surface area contributed by atoms with Gasteiger partial charge in [0.25, 0.3) is 0 Å². The van der Waals surface area contributed by atoms with Gasteiger partial charge in [-0.1, -0.05) is 76.6 Å². The Morgan fingerprint density at radius 1 is 0.763 bits per heavy atom. The van der Waals surface area contributed by atoms with E-state index in [-0.39, 0.29) is 12.0 Å². The number of pyridine rings is 2. The second-order valence-corrected chi connectivity index (χ2v) is 10.7. The van der Waals surface area contributed by atoms with Gasteiger partial charge in [0.2, 0.25) is 5.88 Å². The lowest BCUT2D eigenvalue weighted by atomic mass is 9.81. The molecule has 0 aliphatic carbocycles. The maximum atomic E-state index is 6.64. The molecule has 0 saturated carbocycles. The number of halogens is 1. The molecule has 7 rings (SSSR count). The summed E-state index contributed by atoms with van der Waals surface area (Å²) in [6.45, 7) is 3.71. The molecular weight excluding hydrogens is 536 g/mol. The molecule has 2 atom stereocenters. The average molecular weight is 563 g/mol. The van der Waals surface area contributed by atoms with Gasteiger partial charge >= 0.3 is 0 Å². The van der Waals surface area contributed by atoms with Crippen LogP contribution in [0.3, 0.4) is 0 Å². The fraction of sp³-hybridized carbons (Fsp3) is 0.188. The molecule has 188 valence electrons. The van der Waals surface area contributed by atoms with Crippen molar-refractivity contribution in [2.75, 3.05) is 31.1 Å². The molecule has 2 unspecified atom stereocenters. The van der Waals surface area contributed by atoms with Crippen LogP contribution in [-0.2, 0) is 0 Å². The Balaban J connectivity index is 1.38. The minimum atomic E-state index is 0.0558. The van der Waals surface area contributed by atoms with E-state index in [4.69, 9.17) is 9.72 Å². The largest absolute Gasteiger partial charge is 0.438 e. The molecule has 0 spiro atoms. The summed E-state index contributed by atoms with van der Waals surface area (Å²) >= 11 is 3.77. The first-order valence-electron chi connectivity index (χ1n) is 13.1. The van der Waals surface area contributed by atoms with Crippen molar-refractivity contribution in [2.45, 2.75) is 12.0 Å². The summed E-state index contributed by atoms with van der Waals surface area (Å²) in [6, 6.07) is 34.0. The standard InChI is InChI=1S/C32H27BrN4O/c33-26-12-8-13-27-24(26)21-25-30(22-9-2-1-3-10-22)31(23-11-4-5-14-28(23)38-32(25)35-27)37-19-17-36(18-20-37)29-15-6-7-16-34-29/h1-16,21,30-31H,17-20H2. The zero-order valence-electron chi connectivity index (χ0n) is 20.9. The van der Waals surface area contributed by atoms with Crippen LogP contribution in [0.5, 0.6) is 11.6 Å². The Hall–Kier alpha value is -3.74. The number of nitrogens with zero attached hydrogens (tertiary/aromatic N) is 4. The van der Waals surface area contributed by atoms with E-state index in [0.717, 1.165) is 58.7 Å². The Morgan fingerprint density at radius 2 is 1.55 bits per heavy atom. The summed E-state index contributed by atoms with van der Waals surface area (Å²) in [6.07, 6.45) is 1.87. The van der Waals surface area contributed by atoms with Gasteiger partial charge in [-0.15, -0.1) is 0 Å². The van der Waals surface area contributed by atoms with Crippen LogP contribution in [0.1, 0.15) is 28.7 Å². The van der Waals surface area contributed by atoms with Crippen LogP contribution in [0.2, 0.25) is 0 Å². The van der Waals surface area contributed by atoms with Gasteiger partial charge in [-0.25, -0.2) is 9.97 Å². The molecule has 5 aromatic rings. The number of ether oxygens (including phenoxy) is 1. The van der Waals surface area contributed by atoms with E-state index in [0.29, 0.717) is 5.88 Å². The maximum absolute atomic E-state index is 6.64. The van der Waals surface area contributed by atoms with Crippen LogP contribution in [0.25, 0.3) is 10.9 Å². The predicted octanol–water partition coefficient (Wildman–Crippen LogP) is 7.19. The van der Waals surface area contributed by atoms with Gasteiger partial charge < -0.3 is 9.64 Å². The molecule has 2 aromatic heterocycles. The van der Waals surface area contributed by atoms with E-state index >= 15 is 0 Å². The number of hydrogen-bond donors (Lipinski definition) is 0. The van der Waals surface area contributed by atoms with Crippen molar-refractivity contribution >= 4 is 32.7 Å². The first-order chi connectivity index (χ1) is 18.8. The van der Waals surface area contributed by atoms with Crippen LogP contribution in [-0.4, -0.2) is 41.0 Å². The Labute approximate surface area is 230 Å². The summed E-state index contributed by atoms with van der Waals surface area (Å²) in [7, 11) is 0. The highest BCUT2D eigenvalue weighted by Crippen LogP contribution is 2.51. The van der Waals surface area contributed by atoms with Crippen LogP contribution < -0.4 is 9.64 Å². The molecule has 4 heterocycles. The highest BCUT2D eigenvalue weighted by Gasteiger charge is 2.39. The molecule has 1 saturated heterocycles. The number of aromatic nitrogens is 2. The predicted molar refractivity (Wildman–Crippen MR) is 155 cm³/mol. The topological polar surface area (TPSA) is 41.5 Å². The second kappa shape index (κ2) is 9.86. The highest BCUT2D eigenvalue weighted by atomic mass is 79.9. The maximum Gasteiger partial charge on any atom is 0.223 e. The monoisotopic (exact) mass is 562 g/mol. The van der Waals surface area contributed by atoms with E-state index in [2.05, 4.69) is 110 Å². The zero-order valence-corrected chi connectivity index (χ0v) is 22.5. The first kappa shape index (κ1) is 23.4. The zero-order chi connectivity index (χ0) is 25.5. The van der Waals surface area contributed by atoms with E-state index in [1.807, 2.05) is 24.4 Å². The third-order valence-electron chi connectivity index (χ3n) is 7.73. The summed E-state index contributed by atoms with van der Waals surface area (Å²) < 4.78 is 7.68. The van der Waals surface area contributed by atoms with Crippen LogP contribution in [0.4, 0.5) is 5.82 Å². The smallest absolute Gasteiger partial charge is 0.223 e. The number of fused-ring (bicyclic) bond motifs is 3. The Morgan fingerprint density at radius 3 is 2.37 bits per heavy atom. The van der Waals surface area contributed by atoms with E-state index in [1.165, 1.54) is 11.1 Å². The van der Waals surface area contributed by atoms with Gasteiger partial charge in [0.05, 0.1) is 5.52 Å². The lowest BCUT2D eigenvalue weighted by Gasteiger charge is -2.42. The minimum absolute atomic E-state index is 0.0558. The molecule has 5 nitrogen and oxygen atoms in total. The Kier molecular flexibility index (Phi) is 6.06. The number of para-hydroxylation sites is 1. The average Bonchev–Trinajstić information content (AvgIpc) is 3.11. The van der Waals surface area contributed by atoms with Crippen molar-refractivity contribution in [3.8, 4) is 11.6 Å². The fourth-order valence-electron chi connectivity index (χ4n) is 5.93. The molecule has 2 aliphatic rings. The lowest BCUT2D eigenvalue weighted by molar-refractivity contribution is 0.171. The van der Waals surface area contributed by atoms with Crippen molar-refractivity contribution < 1.29 is 4.74 Å². The minimum Gasteiger partial charge on any atom is -0.438 e. The molecule has 1 fully saturated rings. The van der Waals surface area contributed by atoms with E-state index < -0.39 is 0 Å². The molecule has 6 heteroatoms. The molecule has 38 heavy (non-hydrogen) atoms. The van der Waals surface area contributed by atoms with Crippen LogP contribution in [0.15, 0.2) is 108 Å². The van der Waals surface area contributed by atoms with Gasteiger partial charge in [-0.05, 0) is 42.0 Å². The van der Waals surface area contributed by atoms with Crippen molar-refractivity contribution in [3.63, 3.8) is 0 Å². The summed E-state index contributed by atoms with van der Waals surface area (Å²) in [4.78, 5) is 14.7. The summed E-state index contributed by atoms with van der Waals surface area (Å²) in [5, 5.41) is 1.10. The normalized spacial score (nSPS) is 19.3. The van der Waals surface area contributed by atoms with Crippen molar-refractivity contribution in [1.29, 1.82) is 0 Å². The number of piperazine rings is 1. The number of rotatable bonds is 3. The summed E-state index contributed by atoms with van der Waals surface area (Å²) in [5.41, 5.74) is 4.50. The van der Waals surface area contributed by atoms with Crippen LogP contribution >= 0.6 is 15.9 Å². The third-order valence-corrected chi connectivity index (χ3v) is 8.42. The van der Waals surface area contributed by atoms with Crippen molar-refractivity contribution in [3.05, 3.63) is 124 Å². The van der Waals surface area contributed by atoms with Gasteiger partial charge in [-0.2, -0.15) is 0 Å². The molecule has 3 aromatic carbocycles. The van der Waals surface area contributed by atoms with Gasteiger partial charge in [0, 0.05) is 65.3 Å². The molecule has 2 aliphatic heterocycles. The molecule has 0 amide bonds. The molecule has 0 radical (unpaired) electrons. The summed E-state index contributed by atoms with van der Waals surface area (Å²) in [5.74, 6) is 2.67. The Bertz CT molecular complexity index is 1590. The molecule has 0 bridgehead atoms. The molecule has 0 N–H and O–H groups in total. The van der Waals surface area contributed by atoms with Crippen molar-refractivity contribution in [2.24, 2.45) is 0 Å². The van der Waals surface area contributed by atoms with Crippen LogP contribution in [0, 0.1) is 0 Å². The van der Waals surface area contributed by atoms with Gasteiger partial charge in [0.1, 0.15) is 11.6 Å². The lowest BCUT2D eigenvalue weighted by Crippen LogP contribution is -2.49. The first-order valence-corrected chi connectivity index (χ1v) is 13.9. The second-order valence-electron chi connectivity index (χ2n) is 9.87. The molecular formula is C32H27BrN4O. The van der Waals surface area contributed by atoms with Gasteiger partial charge in [0.15, 0.2) is 0 Å².